The summed E-state index contributed by atoms with van der Waals surface area (Å²) in [6, 6.07) is -0.711. The first-order valence-corrected chi connectivity index (χ1v) is 8.45. The average molecular weight is 345 g/mol. The second-order valence-electron chi connectivity index (χ2n) is 6.61. The van der Waals surface area contributed by atoms with Crippen molar-refractivity contribution in [2.75, 3.05) is 6.54 Å². The summed E-state index contributed by atoms with van der Waals surface area (Å²) in [7, 11) is 0. The summed E-state index contributed by atoms with van der Waals surface area (Å²) in [4.78, 5) is 25.8. The van der Waals surface area contributed by atoms with Gasteiger partial charge in [-0.25, -0.2) is 9.48 Å². The van der Waals surface area contributed by atoms with E-state index < -0.39 is 6.04 Å². The fraction of sp³-hybridized carbons (Fsp3) is 0.562. The minimum Gasteiger partial charge on any atom is -0.325 e. The summed E-state index contributed by atoms with van der Waals surface area (Å²) in [6.45, 7) is 7.02. The normalized spacial score (nSPS) is 17.6. The van der Waals surface area contributed by atoms with Crippen LogP contribution in [0.4, 0.5) is 4.79 Å². The third kappa shape index (κ3) is 3.86. The molecule has 0 aliphatic carbocycles. The van der Waals surface area contributed by atoms with E-state index in [4.69, 9.17) is 0 Å². The molecule has 0 aromatic carbocycles. The van der Waals surface area contributed by atoms with E-state index in [9.17, 15) is 9.59 Å². The number of nitrogens with one attached hydrogen (secondary N) is 1. The quantitative estimate of drug-likeness (QED) is 0.753. The van der Waals surface area contributed by atoms with Crippen molar-refractivity contribution in [3.63, 3.8) is 0 Å². The lowest BCUT2D eigenvalue weighted by Gasteiger charge is -2.12. The molecule has 3 heterocycles. The van der Waals surface area contributed by atoms with Crippen LogP contribution >= 0.6 is 0 Å². The molecule has 1 saturated heterocycles. The number of carbonyl (C=O) groups is 2. The predicted molar refractivity (Wildman–Crippen MR) is 89.7 cm³/mol. The number of aryl methyl sites for hydroxylation is 2. The van der Waals surface area contributed by atoms with Gasteiger partial charge in [0.1, 0.15) is 6.04 Å². The fourth-order valence-electron chi connectivity index (χ4n) is 2.78. The Morgan fingerprint density at radius 1 is 1.24 bits per heavy atom. The van der Waals surface area contributed by atoms with Crippen molar-refractivity contribution in [3.05, 3.63) is 29.8 Å². The van der Waals surface area contributed by atoms with Crippen LogP contribution in [0.2, 0.25) is 0 Å². The minimum atomic E-state index is -0.572. The van der Waals surface area contributed by atoms with E-state index in [0.717, 1.165) is 5.56 Å². The third-order valence-electron chi connectivity index (χ3n) is 4.14. The maximum Gasteiger partial charge on any atom is 0.324 e. The summed E-state index contributed by atoms with van der Waals surface area (Å²) in [5, 5.41) is 15.0. The van der Waals surface area contributed by atoms with E-state index in [1.807, 2.05) is 37.8 Å². The molecule has 1 aliphatic heterocycles. The molecule has 25 heavy (non-hydrogen) atoms. The zero-order chi connectivity index (χ0) is 18.0. The summed E-state index contributed by atoms with van der Waals surface area (Å²) in [5.74, 6) is -0.208. The molecule has 0 radical (unpaired) electrons. The molecule has 2 aromatic heterocycles. The van der Waals surface area contributed by atoms with Crippen LogP contribution in [0.5, 0.6) is 0 Å². The lowest BCUT2D eigenvalue weighted by Crippen LogP contribution is -2.33. The summed E-state index contributed by atoms with van der Waals surface area (Å²) < 4.78 is 3.55. The zero-order valence-electron chi connectivity index (χ0n) is 14.7. The molecule has 9 nitrogen and oxygen atoms in total. The number of aromatic nitrogens is 5. The SMILES string of the molecule is Cc1cnn(CCCN2C(=O)NC(Cc3cn(C(C)C)nn3)C2=O)c1. The van der Waals surface area contributed by atoms with Crippen molar-refractivity contribution in [1.29, 1.82) is 0 Å². The summed E-state index contributed by atoms with van der Waals surface area (Å²) >= 11 is 0. The van der Waals surface area contributed by atoms with Gasteiger partial charge in [0.25, 0.3) is 5.91 Å². The minimum absolute atomic E-state index is 0.206. The second-order valence-corrected chi connectivity index (χ2v) is 6.61. The Balaban J connectivity index is 1.54. The molecule has 0 spiro atoms. The first-order valence-electron chi connectivity index (χ1n) is 8.45. The van der Waals surface area contributed by atoms with Crippen LogP contribution in [0.1, 0.15) is 37.6 Å². The van der Waals surface area contributed by atoms with Crippen LogP contribution < -0.4 is 5.32 Å². The van der Waals surface area contributed by atoms with E-state index in [-0.39, 0.29) is 18.0 Å². The van der Waals surface area contributed by atoms with Crippen LogP contribution in [-0.2, 0) is 17.8 Å². The van der Waals surface area contributed by atoms with E-state index in [0.29, 0.717) is 31.6 Å². The highest BCUT2D eigenvalue weighted by Gasteiger charge is 2.37. The Bertz CT molecular complexity index is 764. The van der Waals surface area contributed by atoms with Crippen LogP contribution in [0.25, 0.3) is 0 Å². The lowest BCUT2D eigenvalue weighted by atomic mass is 10.1. The third-order valence-corrected chi connectivity index (χ3v) is 4.14. The van der Waals surface area contributed by atoms with Gasteiger partial charge in [0.05, 0.1) is 11.9 Å². The Morgan fingerprint density at radius 2 is 2.04 bits per heavy atom. The average Bonchev–Trinajstić information content (AvgIpc) is 3.24. The van der Waals surface area contributed by atoms with Gasteiger partial charge in [-0.15, -0.1) is 5.10 Å². The zero-order valence-corrected chi connectivity index (χ0v) is 14.7. The highest BCUT2D eigenvalue weighted by Crippen LogP contribution is 2.12. The molecule has 1 atom stereocenters. The van der Waals surface area contributed by atoms with Crippen LogP contribution in [0, 0.1) is 6.92 Å². The molecule has 3 rings (SSSR count). The second kappa shape index (κ2) is 7.04. The number of hydrogen-bond acceptors (Lipinski definition) is 5. The number of nitrogens with zero attached hydrogens (tertiary/aromatic N) is 6. The standard InChI is InChI=1S/C16H23N7O2/c1-11(2)23-10-13(19-20-23)7-14-15(24)22(16(25)18-14)6-4-5-21-9-12(3)8-17-21/h8-11,14H,4-7H2,1-3H3,(H,18,25). The Morgan fingerprint density at radius 3 is 2.68 bits per heavy atom. The van der Waals surface area contributed by atoms with Gasteiger partial charge in [0.15, 0.2) is 0 Å². The predicted octanol–water partition coefficient (Wildman–Crippen LogP) is 0.917. The van der Waals surface area contributed by atoms with Crippen molar-refractivity contribution in [1.82, 2.24) is 35.0 Å². The highest BCUT2D eigenvalue weighted by molar-refractivity contribution is 6.04. The van der Waals surface area contributed by atoms with Gasteiger partial charge >= 0.3 is 6.03 Å². The van der Waals surface area contributed by atoms with Gasteiger partial charge in [-0.2, -0.15) is 5.10 Å². The van der Waals surface area contributed by atoms with E-state index in [1.54, 1.807) is 10.9 Å². The lowest BCUT2D eigenvalue weighted by molar-refractivity contribution is -0.127. The number of carbonyl (C=O) groups excluding carboxylic acids is 2. The van der Waals surface area contributed by atoms with Gasteiger partial charge in [-0.1, -0.05) is 5.21 Å². The van der Waals surface area contributed by atoms with Crippen molar-refractivity contribution < 1.29 is 9.59 Å². The van der Waals surface area contributed by atoms with E-state index >= 15 is 0 Å². The molecule has 0 saturated carbocycles. The summed E-state index contributed by atoms with van der Waals surface area (Å²) in [6.07, 6.45) is 6.55. The molecular formula is C16H23N7O2. The molecule has 9 heteroatoms. The topological polar surface area (TPSA) is 97.9 Å². The fourth-order valence-corrected chi connectivity index (χ4v) is 2.78. The van der Waals surface area contributed by atoms with E-state index in [2.05, 4.69) is 20.7 Å². The first kappa shape index (κ1) is 17.1. The maximum atomic E-state index is 12.5. The van der Waals surface area contributed by atoms with Gasteiger partial charge in [-0.05, 0) is 32.8 Å². The molecule has 1 aliphatic rings. The number of amides is 3. The molecule has 2 aromatic rings. The van der Waals surface area contributed by atoms with Crippen molar-refractivity contribution in [3.8, 4) is 0 Å². The van der Waals surface area contributed by atoms with Crippen LogP contribution in [0.3, 0.4) is 0 Å². The highest BCUT2D eigenvalue weighted by atomic mass is 16.2. The monoisotopic (exact) mass is 345 g/mol. The number of hydrogen-bond donors (Lipinski definition) is 1. The van der Waals surface area contributed by atoms with Gasteiger partial charge in [0.2, 0.25) is 0 Å². The smallest absolute Gasteiger partial charge is 0.324 e. The van der Waals surface area contributed by atoms with E-state index in [1.165, 1.54) is 4.90 Å². The maximum absolute atomic E-state index is 12.5. The number of imide groups is 1. The molecule has 3 amide bonds. The van der Waals surface area contributed by atoms with Crippen LogP contribution in [0.15, 0.2) is 18.6 Å². The van der Waals surface area contributed by atoms with Crippen molar-refractivity contribution in [2.24, 2.45) is 0 Å². The van der Waals surface area contributed by atoms with Crippen LogP contribution in [-0.4, -0.2) is 54.2 Å². The molecule has 1 N–H and O–H groups in total. The Labute approximate surface area is 146 Å². The first-order chi connectivity index (χ1) is 11.9. The van der Waals surface area contributed by atoms with Gasteiger partial charge < -0.3 is 5.32 Å². The number of urea groups is 1. The molecular weight excluding hydrogens is 322 g/mol. The van der Waals surface area contributed by atoms with Gasteiger partial charge in [0, 0.05) is 37.9 Å². The Kier molecular flexibility index (Phi) is 4.82. The van der Waals surface area contributed by atoms with Gasteiger partial charge in [-0.3, -0.25) is 14.4 Å². The van der Waals surface area contributed by atoms with Crippen molar-refractivity contribution in [2.45, 2.75) is 52.2 Å². The largest absolute Gasteiger partial charge is 0.325 e. The number of rotatable bonds is 7. The van der Waals surface area contributed by atoms with Crippen molar-refractivity contribution >= 4 is 11.9 Å². The molecule has 134 valence electrons. The Hall–Kier alpha value is -2.71. The molecule has 1 fully saturated rings. The molecule has 1 unspecified atom stereocenters. The molecule has 0 bridgehead atoms. The summed E-state index contributed by atoms with van der Waals surface area (Å²) in [5.41, 5.74) is 1.78.